The Hall–Kier alpha value is -3.52. The minimum atomic E-state index is -0.294. The van der Waals surface area contributed by atoms with Crippen LogP contribution in [0.1, 0.15) is 5.56 Å². The van der Waals surface area contributed by atoms with Crippen molar-refractivity contribution in [2.45, 2.75) is 6.42 Å². The summed E-state index contributed by atoms with van der Waals surface area (Å²) < 4.78 is 15.8. The third-order valence-electron chi connectivity index (χ3n) is 4.74. The zero-order chi connectivity index (χ0) is 19.8. The maximum absolute atomic E-state index is 13.9. The second kappa shape index (κ2) is 7.14. The number of anilines is 1. The summed E-state index contributed by atoms with van der Waals surface area (Å²) in [7, 11) is 0. The zero-order valence-corrected chi connectivity index (χ0v) is 15.9. The summed E-state index contributed by atoms with van der Waals surface area (Å²) in [6, 6.07) is 8.42. The number of H-pyrrole nitrogens is 1. The van der Waals surface area contributed by atoms with E-state index in [0.29, 0.717) is 29.5 Å². The molecule has 9 heteroatoms. The summed E-state index contributed by atoms with van der Waals surface area (Å²) in [5.74, 6) is 0.382. The average molecular weight is 408 g/mol. The minimum Gasteiger partial charge on any atom is -0.368 e. The normalized spacial score (nSPS) is 11.4. The molecule has 0 radical (unpaired) electrons. The number of hydrogen-bond acceptors (Lipinski definition) is 5. The summed E-state index contributed by atoms with van der Waals surface area (Å²) in [4.78, 5) is 19.8. The molecule has 1 aromatic carbocycles. The summed E-state index contributed by atoms with van der Waals surface area (Å²) >= 11 is 6.46. The molecule has 0 unspecified atom stereocenters. The summed E-state index contributed by atoms with van der Waals surface area (Å²) in [6.45, 7) is 0.587. The van der Waals surface area contributed by atoms with Gasteiger partial charge in [-0.2, -0.15) is 0 Å². The van der Waals surface area contributed by atoms with Crippen LogP contribution in [0.25, 0.3) is 27.9 Å². The molecular weight excluding hydrogens is 393 g/mol. The van der Waals surface area contributed by atoms with Gasteiger partial charge in [0.25, 0.3) is 0 Å². The Kier molecular flexibility index (Phi) is 4.33. The van der Waals surface area contributed by atoms with Crippen LogP contribution in [0.4, 0.5) is 10.2 Å². The summed E-state index contributed by atoms with van der Waals surface area (Å²) in [5.41, 5.74) is 4.72. The van der Waals surface area contributed by atoms with Crippen molar-refractivity contribution < 1.29 is 4.39 Å². The van der Waals surface area contributed by atoms with Crippen LogP contribution in [0.15, 0.2) is 55.5 Å². The van der Waals surface area contributed by atoms with E-state index in [2.05, 4.69) is 30.2 Å². The molecule has 0 spiro atoms. The standard InChI is InChI=1S/C20H15ClFN7/c21-15-7-13(4-5-24-19-17-20(26-9-25-17)28-10-27-19)18(29-11-23-8-16(15)29)12-2-1-3-14(22)6-12/h1-3,6-11H,4-5H2,(H2,24,25,26,27,28). The van der Waals surface area contributed by atoms with Gasteiger partial charge in [-0.3, -0.25) is 4.40 Å². The topological polar surface area (TPSA) is 83.8 Å². The van der Waals surface area contributed by atoms with Crippen molar-refractivity contribution in [1.29, 1.82) is 0 Å². The minimum absolute atomic E-state index is 0.294. The van der Waals surface area contributed by atoms with E-state index < -0.39 is 0 Å². The Morgan fingerprint density at radius 1 is 1.17 bits per heavy atom. The van der Waals surface area contributed by atoms with E-state index in [-0.39, 0.29) is 5.82 Å². The van der Waals surface area contributed by atoms with Gasteiger partial charge in [-0.05, 0) is 30.2 Å². The van der Waals surface area contributed by atoms with Crippen LogP contribution in [0, 0.1) is 5.82 Å². The van der Waals surface area contributed by atoms with Crippen LogP contribution in [0.2, 0.25) is 5.02 Å². The summed E-state index contributed by atoms with van der Waals surface area (Å²) in [5, 5.41) is 3.90. The van der Waals surface area contributed by atoms with Crippen molar-refractivity contribution in [2.75, 3.05) is 11.9 Å². The van der Waals surface area contributed by atoms with Gasteiger partial charge in [0.05, 0.1) is 35.1 Å². The number of aromatic nitrogens is 6. The monoisotopic (exact) mass is 407 g/mol. The Morgan fingerprint density at radius 3 is 3.00 bits per heavy atom. The highest BCUT2D eigenvalue weighted by Crippen LogP contribution is 2.31. The van der Waals surface area contributed by atoms with E-state index in [1.807, 2.05) is 16.5 Å². The van der Waals surface area contributed by atoms with Crippen LogP contribution in [0.5, 0.6) is 0 Å². The van der Waals surface area contributed by atoms with Gasteiger partial charge in [0.15, 0.2) is 11.5 Å². The molecule has 0 saturated heterocycles. The molecule has 5 aromatic rings. The van der Waals surface area contributed by atoms with Crippen LogP contribution in [-0.2, 0) is 6.42 Å². The number of rotatable bonds is 5. The van der Waals surface area contributed by atoms with Crippen LogP contribution >= 0.6 is 11.6 Å². The predicted octanol–water partition coefficient (Wildman–Crippen LogP) is 4.11. The number of halogens is 2. The van der Waals surface area contributed by atoms with Gasteiger partial charge in [0.1, 0.15) is 17.7 Å². The molecule has 4 heterocycles. The second-order valence-electron chi connectivity index (χ2n) is 6.53. The number of pyridine rings is 1. The molecule has 4 aromatic heterocycles. The maximum Gasteiger partial charge on any atom is 0.182 e. The van der Waals surface area contributed by atoms with Crippen molar-refractivity contribution in [3.8, 4) is 11.3 Å². The van der Waals surface area contributed by atoms with Gasteiger partial charge in [-0.15, -0.1) is 0 Å². The second-order valence-corrected chi connectivity index (χ2v) is 6.93. The third-order valence-corrected chi connectivity index (χ3v) is 5.04. The first kappa shape index (κ1) is 17.6. The number of nitrogens with one attached hydrogen (secondary N) is 2. The van der Waals surface area contributed by atoms with Gasteiger partial charge < -0.3 is 10.3 Å². The number of imidazole rings is 2. The van der Waals surface area contributed by atoms with Crippen LogP contribution < -0.4 is 5.32 Å². The van der Waals surface area contributed by atoms with Gasteiger partial charge in [-0.25, -0.2) is 24.3 Å². The predicted molar refractivity (Wildman–Crippen MR) is 109 cm³/mol. The molecule has 144 valence electrons. The molecule has 5 rings (SSSR count). The molecule has 29 heavy (non-hydrogen) atoms. The number of fused-ring (bicyclic) bond motifs is 2. The van der Waals surface area contributed by atoms with Crippen molar-refractivity contribution in [3.05, 3.63) is 71.9 Å². The Bertz CT molecular complexity index is 1330. The lowest BCUT2D eigenvalue weighted by Crippen LogP contribution is -2.09. The highest BCUT2D eigenvalue weighted by molar-refractivity contribution is 6.34. The van der Waals surface area contributed by atoms with Crippen molar-refractivity contribution in [3.63, 3.8) is 0 Å². The molecule has 0 aliphatic heterocycles. The molecular formula is C20H15ClFN7. The smallest absolute Gasteiger partial charge is 0.182 e. The first-order valence-corrected chi connectivity index (χ1v) is 9.36. The van der Waals surface area contributed by atoms with Crippen molar-refractivity contribution in [1.82, 2.24) is 29.3 Å². The fourth-order valence-electron chi connectivity index (χ4n) is 3.47. The fourth-order valence-corrected chi connectivity index (χ4v) is 3.74. The van der Waals surface area contributed by atoms with E-state index >= 15 is 0 Å². The van der Waals surface area contributed by atoms with Gasteiger partial charge in [0, 0.05) is 12.1 Å². The largest absolute Gasteiger partial charge is 0.368 e. The highest BCUT2D eigenvalue weighted by Gasteiger charge is 2.14. The van der Waals surface area contributed by atoms with Crippen molar-refractivity contribution in [2.24, 2.45) is 0 Å². The molecule has 0 atom stereocenters. The zero-order valence-electron chi connectivity index (χ0n) is 15.1. The van der Waals surface area contributed by atoms with Crippen LogP contribution in [-0.4, -0.2) is 35.9 Å². The molecule has 0 amide bonds. The van der Waals surface area contributed by atoms with Crippen molar-refractivity contribution >= 4 is 34.1 Å². The molecule has 0 fully saturated rings. The quantitative estimate of drug-likeness (QED) is 0.458. The van der Waals surface area contributed by atoms with E-state index in [4.69, 9.17) is 11.6 Å². The molecule has 0 bridgehead atoms. The maximum atomic E-state index is 13.9. The SMILES string of the molecule is Fc1cccc(-c2c(CCNc3ncnc4nc[nH]c34)cc(Cl)c3cncn23)c1. The Labute approximate surface area is 169 Å². The molecule has 7 nitrogen and oxygen atoms in total. The number of benzene rings is 1. The lowest BCUT2D eigenvalue weighted by molar-refractivity contribution is 0.628. The molecule has 0 aliphatic rings. The first-order valence-electron chi connectivity index (χ1n) is 8.98. The van der Waals surface area contributed by atoms with E-state index in [1.54, 1.807) is 24.9 Å². The first-order chi connectivity index (χ1) is 14.2. The molecule has 0 saturated carbocycles. The number of aromatic amines is 1. The molecule has 0 aliphatic carbocycles. The lowest BCUT2D eigenvalue weighted by Gasteiger charge is -2.15. The number of hydrogen-bond donors (Lipinski definition) is 2. The molecule has 2 N–H and O–H groups in total. The van der Waals surface area contributed by atoms with E-state index in [1.165, 1.54) is 18.5 Å². The fraction of sp³-hybridized carbons (Fsp3) is 0.100. The van der Waals surface area contributed by atoms with E-state index in [9.17, 15) is 4.39 Å². The van der Waals surface area contributed by atoms with Crippen LogP contribution in [0.3, 0.4) is 0 Å². The van der Waals surface area contributed by atoms with Gasteiger partial charge in [0.2, 0.25) is 0 Å². The summed E-state index contributed by atoms with van der Waals surface area (Å²) in [6.07, 6.45) is 7.08. The van der Waals surface area contributed by atoms with E-state index in [0.717, 1.165) is 27.9 Å². The highest BCUT2D eigenvalue weighted by atomic mass is 35.5. The third kappa shape index (κ3) is 3.17. The lowest BCUT2D eigenvalue weighted by atomic mass is 10.0. The Balaban J connectivity index is 1.51. The van der Waals surface area contributed by atoms with Gasteiger partial charge in [-0.1, -0.05) is 23.7 Å². The van der Waals surface area contributed by atoms with Gasteiger partial charge >= 0.3 is 0 Å². The Morgan fingerprint density at radius 2 is 2.10 bits per heavy atom. The number of nitrogens with zero attached hydrogens (tertiary/aromatic N) is 5. The average Bonchev–Trinajstić information content (AvgIpc) is 3.38.